The zero-order valence-electron chi connectivity index (χ0n) is 8.24. The SMILES string of the molecule is O=C(c1cc(I)cc(I)c1O)N1CCCO1. The van der Waals surface area contributed by atoms with Gasteiger partial charge in [-0.3, -0.25) is 9.63 Å². The molecule has 4 nitrogen and oxygen atoms in total. The summed E-state index contributed by atoms with van der Waals surface area (Å²) in [6, 6.07) is 3.49. The van der Waals surface area contributed by atoms with Gasteiger partial charge >= 0.3 is 0 Å². The molecule has 1 fully saturated rings. The molecule has 0 spiro atoms. The first-order chi connectivity index (χ1) is 7.59. The molecule has 1 N–H and O–H groups in total. The Morgan fingerprint density at radius 1 is 1.44 bits per heavy atom. The van der Waals surface area contributed by atoms with Crippen molar-refractivity contribution < 1.29 is 14.7 Å². The number of benzene rings is 1. The minimum Gasteiger partial charge on any atom is -0.506 e. The van der Waals surface area contributed by atoms with Gasteiger partial charge in [-0.15, -0.1) is 0 Å². The van der Waals surface area contributed by atoms with Crippen LogP contribution in [-0.4, -0.2) is 29.2 Å². The molecular formula is C10H9I2NO3. The molecule has 1 amide bonds. The third kappa shape index (κ3) is 2.43. The van der Waals surface area contributed by atoms with Gasteiger partial charge in [0, 0.05) is 3.57 Å². The van der Waals surface area contributed by atoms with E-state index in [4.69, 9.17) is 4.84 Å². The van der Waals surface area contributed by atoms with Gasteiger partial charge in [-0.25, -0.2) is 5.06 Å². The Labute approximate surface area is 120 Å². The van der Waals surface area contributed by atoms with Crippen molar-refractivity contribution in [2.45, 2.75) is 6.42 Å². The highest BCUT2D eigenvalue weighted by Crippen LogP contribution is 2.28. The zero-order chi connectivity index (χ0) is 11.7. The lowest BCUT2D eigenvalue weighted by atomic mass is 10.2. The van der Waals surface area contributed by atoms with Gasteiger partial charge in [-0.05, 0) is 63.7 Å². The van der Waals surface area contributed by atoms with Gasteiger partial charge in [0.1, 0.15) is 5.75 Å². The molecule has 0 radical (unpaired) electrons. The largest absolute Gasteiger partial charge is 0.506 e. The summed E-state index contributed by atoms with van der Waals surface area (Å²) in [5, 5.41) is 11.1. The van der Waals surface area contributed by atoms with E-state index >= 15 is 0 Å². The van der Waals surface area contributed by atoms with Gasteiger partial charge in [0.15, 0.2) is 0 Å². The monoisotopic (exact) mass is 445 g/mol. The molecule has 16 heavy (non-hydrogen) atoms. The Bertz CT molecular complexity index is 430. The molecule has 0 aromatic heterocycles. The molecular weight excluding hydrogens is 436 g/mol. The summed E-state index contributed by atoms with van der Waals surface area (Å²) in [5.41, 5.74) is 0.304. The lowest BCUT2D eigenvalue weighted by Gasteiger charge is -2.15. The summed E-state index contributed by atoms with van der Waals surface area (Å²) in [4.78, 5) is 17.2. The molecule has 0 saturated carbocycles. The van der Waals surface area contributed by atoms with Crippen LogP contribution in [0.15, 0.2) is 12.1 Å². The summed E-state index contributed by atoms with van der Waals surface area (Å²) >= 11 is 4.12. The van der Waals surface area contributed by atoms with Crippen molar-refractivity contribution in [3.8, 4) is 5.75 Å². The summed E-state index contributed by atoms with van der Waals surface area (Å²) in [6.45, 7) is 1.15. The number of rotatable bonds is 1. The van der Waals surface area contributed by atoms with Crippen LogP contribution < -0.4 is 0 Å². The molecule has 86 valence electrons. The van der Waals surface area contributed by atoms with E-state index in [0.717, 1.165) is 9.99 Å². The van der Waals surface area contributed by atoms with Crippen LogP contribution in [0.3, 0.4) is 0 Å². The molecule has 2 rings (SSSR count). The predicted octanol–water partition coefficient (Wildman–Crippen LogP) is 2.38. The molecule has 0 bridgehead atoms. The summed E-state index contributed by atoms with van der Waals surface area (Å²) < 4.78 is 1.59. The van der Waals surface area contributed by atoms with Gasteiger partial charge in [0.05, 0.1) is 22.3 Å². The van der Waals surface area contributed by atoms with Crippen molar-refractivity contribution in [2.24, 2.45) is 0 Å². The van der Waals surface area contributed by atoms with Gasteiger partial charge in [-0.2, -0.15) is 0 Å². The molecule has 1 aromatic carbocycles. The molecule has 1 aliphatic heterocycles. The van der Waals surface area contributed by atoms with Crippen LogP contribution in [0.1, 0.15) is 16.8 Å². The van der Waals surface area contributed by atoms with Gasteiger partial charge < -0.3 is 5.11 Å². The van der Waals surface area contributed by atoms with Crippen LogP contribution >= 0.6 is 45.2 Å². The highest BCUT2D eigenvalue weighted by atomic mass is 127. The first-order valence-electron chi connectivity index (χ1n) is 4.72. The van der Waals surface area contributed by atoms with Gasteiger partial charge in [-0.1, -0.05) is 0 Å². The van der Waals surface area contributed by atoms with Crippen molar-refractivity contribution in [1.82, 2.24) is 5.06 Å². The number of halogens is 2. The third-order valence-corrected chi connectivity index (χ3v) is 3.68. The van der Waals surface area contributed by atoms with Crippen LogP contribution in [-0.2, 0) is 4.84 Å². The number of hydrogen-bond acceptors (Lipinski definition) is 3. The van der Waals surface area contributed by atoms with Crippen LogP contribution in [0.2, 0.25) is 0 Å². The minimum atomic E-state index is -0.272. The van der Waals surface area contributed by atoms with Crippen LogP contribution in [0, 0.1) is 7.14 Å². The molecule has 1 saturated heterocycles. The maximum absolute atomic E-state index is 12.0. The highest BCUT2D eigenvalue weighted by molar-refractivity contribution is 14.1. The van der Waals surface area contributed by atoms with E-state index in [2.05, 4.69) is 22.6 Å². The van der Waals surface area contributed by atoms with E-state index < -0.39 is 0 Å². The van der Waals surface area contributed by atoms with Crippen molar-refractivity contribution >= 4 is 51.1 Å². The normalized spacial score (nSPS) is 15.5. The number of carbonyl (C=O) groups is 1. The second-order valence-electron chi connectivity index (χ2n) is 3.38. The molecule has 0 atom stereocenters. The summed E-state index contributed by atoms with van der Waals surface area (Å²) in [5.74, 6) is -0.243. The first kappa shape index (κ1) is 12.4. The number of hydrogen-bond donors (Lipinski definition) is 1. The Balaban J connectivity index is 2.35. The lowest BCUT2D eigenvalue weighted by Crippen LogP contribution is -2.26. The van der Waals surface area contributed by atoms with E-state index in [0.29, 0.717) is 22.3 Å². The molecule has 1 aliphatic rings. The van der Waals surface area contributed by atoms with E-state index in [-0.39, 0.29) is 11.7 Å². The number of amides is 1. The second kappa shape index (κ2) is 5.05. The lowest BCUT2D eigenvalue weighted by molar-refractivity contribution is -0.0769. The van der Waals surface area contributed by atoms with Crippen molar-refractivity contribution in [1.29, 1.82) is 0 Å². The number of hydroxylamine groups is 2. The molecule has 1 aromatic rings. The van der Waals surface area contributed by atoms with Crippen molar-refractivity contribution in [2.75, 3.05) is 13.2 Å². The van der Waals surface area contributed by atoms with E-state index in [1.165, 1.54) is 5.06 Å². The van der Waals surface area contributed by atoms with Crippen molar-refractivity contribution in [3.63, 3.8) is 0 Å². The Hall–Kier alpha value is -0.0900. The van der Waals surface area contributed by atoms with Crippen LogP contribution in [0.5, 0.6) is 5.75 Å². The number of phenolic OH excluding ortho intramolecular Hbond substituents is 1. The Morgan fingerprint density at radius 3 is 2.81 bits per heavy atom. The maximum atomic E-state index is 12.0. The number of aromatic hydroxyl groups is 1. The molecule has 0 unspecified atom stereocenters. The topological polar surface area (TPSA) is 49.8 Å². The molecule has 0 aliphatic carbocycles. The summed E-state index contributed by atoms with van der Waals surface area (Å²) in [6.07, 6.45) is 0.841. The van der Waals surface area contributed by atoms with E-state index in [1.807, 2.05) is 28.7 Å². The fourth-order valence-electron chi connectivity index (χ4n) is 1.47. The Morgan fingerprint density at radius 2 is 2.19 bits per heavy atom. The van der Waals surface area contributed by atoms with E-state index in [9.17, 15) is 9.90 Å². The maximum Gasteiger partial charge on any atom is 0.281 e. The molecule has 6 heteroatoms. The number of phenols is 1. The van der Waals surface area contributed by atoms with Gasteiger partial charge in [0.2, 0.25) is 0 Å². The quantitative estimate of drug-likeness (QED) is 0.676. The standard InChI is InChI=1S/C10H9I2NO3/c11-6-4-7(9(14)8(12)5-6)10(15)13-2-1-3-16-13/h4-5,14H,1-3H2. The average Bonchev–Trinajstić information content (AvgIpc) is 2.75. The smallest absolute Gasteiger partial charge is 0.281 e. The number of nitrogens with zero attached hydrogens (tertiary/aromatic N) is 1. The summed E-state index contributed by atoms with van der Waals surface area (Å²) in [7, 11) is 0. The fourth-order valence-corrected chi connectivity index (χ4v) is 3.32. The average molecular weight is 445 g/mol. The van der Waals surface area contributed by atoms with Crippen LogP contribution in [0.25, 0.3) is 0 Å². The number of carbonyl (C=O) groups excluding carboxylic acids is 1. The zero-order valence-corrected chi connectivity index (χ0v) is 12.6. The van der Waals surface area contributed by atoms with Gasteiger partial charge in [0.25, 0.3) is 5.91 Å². The first-order valence-corrected chi connectivity index (χ1v) is 6.88. The van der Waals surface area contributed by atoms with Crippen LogP contribution in [0.4, 0.5) is 0 Å². The Kier molecular flexibility index (Phi) is 3.90. The highest BCUT2D eigenvalue weighted by Gasteiger charge is 2.24. The van der Waals surface area contributed by atoms with Crippen molar-refractivity contribution in [3.05, 3.63) is 24.8 Å². The minimum absolute atomic E-state index is 0.0292. The molecule has 1 heterocycles. The second-order valence-corrected chi connectivity index (χ2v) is 5.79. The fraction of sp³-hybridized carbons (Fsp3) is 0.300. The third-order valence-electron chi connectivity index (χ3n) is 2.24. The predicted molar refractivity (Wildman–Crippen MR) is 75.1 cm³/mol. The van der Waals surface area contributed by atoms with E-state index in [1.54, 1.807) is 6.07 Å².